The Balaban J connectivity index is 2.02. The first kappa shape index (κ1) is 14.3. The third kappa shape index (κ3) is 3.44. The van der Waals surface area contributed by atoms with Gasteiger partial charge in [-0.2, -0.15) is 11.8 Å². The van der Waals surface area contributed by atoms with E-state index >= 15 is 0 Å². The van der Waals surface area contributed by atoms with Crippen LogP contribution in [-0.2, 0) is 0 Å². The minimum absolute atomic E-state index is 0.0247. The van der Waals surface area contributed by atoms with E-state index in [4.69, 9.17) is 5.73 Å². The Hall–Kier alpha value is -1.16. The molecule has 1 aromatic carbocycles. The molecule has 0 aliphatic heterocycles. The van der Waals surface area contributed by atoms with Gasteiger partial charge in [-0.1, -0.05) is 13.3 Å². The Morgan fingerprint density at radius 3 is 2.95 bits per heavy atom. The molecule has 0 heterocycles. The van der Waals surface area contributed by atoms with Crippen molar-refractivity contribution in [1.29, 1.82) is 0 Å². The third-order valence-electron chi connectivity index (χ3n) is 3.68. The number of anilines is 1. The van der Waals surface area contributed by atoms with Crippen molar-refractivity contribution in [1.82, 2.24) is 5.32 Å². The number of nitrogens with two attached hydrogens (primary N) is 1. The van der Waals surface area contributed by atoms with Gasteiger partial charge in [-0.05, 0) is 49.3 Å². The highest BCUT2D eigenvalue weighted by molar-refractivity contribution is 7.99. The van der Waals surface area contributed by atoms with Crippen LogP contribution in [0, 0.1) is 6.92 Å². The highest BCUT2D eigenvalue weighted by Crippen LogP contribution is 2.30. The molecular weight excluding hydrogens is 256 g/mol. The number of aryl methyl sites for hydroxylation is 1. The lowest BCUT2D eigenvalue weighted by molar-refractivity contribution is 0.0938. The molecule has 3 N–H and O–H groups in total. The maximum atomic E-state index is 12.3. The minimum atomic E-state index is 0.0247. The zero-order chi connectivity index (χ0) is 13.8. The highest BCUT2D eigenvalue weighted by atomic mass is 32.2. The summed E-state index contributed by atoms with van der Waals surface area (Å²) in [4.78, 5) is 12.3. The second kappa shape index (κ2) is 6.33. The van der Waals surface area contributed by atoms with Gasteiger partial charge >= 0.3 is 0 Å². The average molecular weight is 278 g/mol. The van der Waals surface area contributed by atoms with E-state index < -0.39 is 0 Å². The molecule has 0 spiro atoms. The van der Waals surface area contributed by atoms with Crippen LogP contribution in [0.25, 0.3) is 0 Å². The lowest BCUT2D eigenvalue weighted by Crippen LogP contribution is -2.38. The van der Waals surface area contributed by atoms with Crippen LogP contribution in [0.4, 0.5) is 5.69 Å². The van der Waals surface area contributed by atoms with Crippen molar-refractivity contribution >= 4 is 23.4 Å². The highest BCUT2D eigenvalue weighted by Gasteiger charge is 2.28. The number of amides is 1. The molecule has 1 saturated carbocycles. The van der Waals surface area contributed by atoms with Crippen LogP contribution in [-0.4, -0.2) is 23.0 Å². The second-order valence-electron chi connectivity index (χ2n) is 5.08. The van der Waals surface area contributed by atoms with E-state index in [0.29, 0.717) is 16.9 Å². The summed E-state index contributed by atoms with van der Waals surface area (Å²) in [7, 11) is 0. The number of hydrogen-bond donors (Lipinski definition) is 2. The van der Waals surface area contributed by atoms with Crippen molar-refractivity contribution in [3.63, 3.8) is 0 Å². The number of hydrogen-bond acceptors (Lipinski definition) is 3. The molecule has 3 nitrogen and oxygen atoms in total. The summed E-state index contributed by atoms with van der Waals surface area (Å²) in [5.41, 5.74) is 8.18. The molecule has 2 atom stereocenters. The van der Waals surface area contributed by atoms with Gasteiger partial charge in [-0.25, -0.2) is 0 Å². The van der Waals surface area contributed by atoms with Gasteiger partial charge in [0.2, 0.25) is 0 Å². The summed E-state index contributed by atoms with van der Waals surface area (Å²) in [6.45, 7) is 4.10. The zero-order valence-electron chi connectivity index (χ0n) is 11.6. The van der Waals surface area contributed by atoms with Crippen LogP contribution in [0.15, 0.2) is 18.2 Å². The third-order valence-corrected chi connectivity index (χ3v) is 5.01. The fraction of sp³-hybridized carbons (Fsp3) is 0.533. The largest absolute Gasteiger partial charge is 0.399 e. The molecule has 0 radical (unpaired) electrons. The standard InChI is InChI=1S/C15H22N2OS/c1-3-19-14-6-4-5-13(14)17-15(18)11-7-8-12(16)10(2)9-11/h7-9,13-14H,3-6,16H2,1-2H3,(H,17,18). The SMILES string of the molecule is CCSC1CCCC1NC(=O)c1ccc(N)c(C)c1. The molecule has 0 saturated heterocycles. The molecule has 0 bridgehead atoms. The van der Waals surface area contributed by atoms with E-state index in [-0.39, 0.29) is 5.91 Å². The van der Waals surface area contributed by atoms with Gasteiger partial charge in [-0.3, -0.25) is 4.79 Å². The van der Waals surface area contributed by atoms with E-state index in [2.05, 4.69) is 12.2 Å². The second-order valence-corrected chi connectivity index (χ2v) is 6.59. The summed E-state index contributed by atoms with van der Waals surface area (Å²) >= 11 is 1.96. The fourth-order valence-electron chi connectivity index (χ4n) is 2.57. The van der Waals surface area contributed by atoms with Crippen LogP contribution in [0.1, 0.15) is 42.1 Å². The number of benzene rings is 1. The smallest absolute Gasteiger partial charge is 0.251 e. The molecule has 1 fully saturated rings. The molecule has 1 aromatic rings. The van der Waals surface area contributed by atoms with E-state index in [0.717, 1.165) is 23.4 Å². The van der Waals surface area contributed by atoms with Crippen molar-refractivity contribution in [2.45, 2.75) is 44.4 Å². The Bertz CT molecular complexity index is 461. The molecule has 104 valence electrons. The van der Waals surface area contributed by atoms with E-state index in [1.165, 1.54) is 12.8 Å². The van der Waals surface area contributed by atoms with Gasteiger partial charge in [0.05, 0.1) is 0 Å². The quantitative estimate of drug-likeness (QED) is 0.833. The summed E-state index contributed by atoms with van der Waals surface area (Å²) in [6.07, 6.45) is 3.52. The van der Waals surface area contributed by atoms with Crippen molar-refractivity contribution < 1.29 is 4.79 Å². The summed E-state index contributed by atoms with van der Waals surface area (Å²) in [5, 5.41) is 3.75. The maximum Gasteiger partial charge on any atom is 0.251 e. The lowest BCUT2D eigenvalue weighted by atomic mass is 10.1. The van der Waals surface area contributed by atoms with Crippen LogP contribution in [0.2, 0.25) is 0 Å². The first-order valence-electron chi connectivity index (χ1n) is 6.90. The predicted molar refractivity (Wildman–Crippen MR) is 82.6 cm³/mol. The molecule has 2 rings (SSSR count). The Morgan fingerprint density at radius 2 is 2.26 bits per heavy atom. The van der Waals surface area contributed by atoms with Gasteiger partial charge in [-0.15, -0.1) is 0 Å². The van der Waals surface area contributed by atoms with Crippen molar-refractivity contribution in [2.24, 2.45) is 0 Å². The van der Waals surface area contributed by atoms with Gasteiger partial charge in [0, 0.05) is 22.5 Å². The number of thioether (sulfide) groups is 1. The first-order valence-corrected chi connectivity index (χ1v) is 7.95. The fourth-order valence-corrected chi connectivity index (χ4v) is 3.77. The summed E-state index contributed by atoms with van der Waals surface area (Å²) < 4.78 is 0. The Kier molecular flexibility index (Phi) is 4.75. The van der Waals surface area contributed by atoms with Gasteiger partial charge in [0.25, 0.3) is 5.91 Å². The van der Waals surface area contributed by atoms with E-state index in [9.17, 15) is 4.79 Å². The van der Waals surface area contributed by atoms with Gasteiger partial charge < -0.3 is 11.1 Å². The molecule has 1 amide bonds. The normalized spacial score (nSPS) is 22.4. The van der Waals surface area contributed by atoms with E-state index in [1.54, 1.807) is 12.1 Å². The number of nitrogens with one attached hydrogen (secondary N) is 1. The zero-order valence-corrected chi connectivity index (χ0v) is 12.4. The molecule has 19 heavy (non-hydrogen) atoms. The Morgan fingerprint density at radius 1 is 1.47 bits per heavy atom. The molecular formula is C15H22N2OS. The summed E-state index contributed by atoms with van der Waals surface area (Å²) in [5.74, 6) is 1.13. The van der Waals surface area contributed by atoms with Crippen LogP contribution < -0.4 is 11.1 Å². The van der Waals surface area contributed by atoms with Crippen molar-refractivity contribution in [2.75, 3.05) is 11.5 Å². The molecule has 0 aromatic heterocycles. The molecule has 4 heteroatoms. The molecule has 1 aliphatic carbocycles. The molecule has 2 unspecified atom stereocenters. The number of rotatable bonds is 4. The lowest BCUT2D eigenvalue weighted by Gasteiger charge is -2.20. The topological polar surface area (TPSA) is 55.1 Å². The van der Waals surface area contributed by atoms with Gasteiger partial charge in [0.15, 0.2) is 0 Å². The van der Waals surface area contributed by atoms with Crippen LogP contribution in [0.3, 0.4) is 0 Å². The number of carbonyl (C=O) groups is 1. The van der Waals surface area contributed by atoms with Crippen molar-refractivity contribution in [3.05, 3.63) is 29.3 Å². The average Bonchev–Trinajstić information content (AvgIpc) is 2.80. The molecule has 1 aliphatic rings. The van der Waals surface area contributed by atoms with Crippen molar-refractivity contribution in [3.8, 4) is 0 Å². The number of carbonyl (C=O) groups excluding carboxylic acids is 1. The maximum absolute atomic E-state index is 12.3. The number of nitrogen functional groups attached to an aromatic ring is 1. The predicted octanol–water partition coefficient (Wildman–Crippen LogP) is 2.98. The minimum Gasteiger partial charge on any atom is -0.399 e. The Labute approximate surface area is 119 Å². The van der Waals surface area contributed by atoms with E-state index in [1.807, 2.05) is 24.8 Å². The monoisotopic (exact) mass is 278 g/mol. The van der Waals surface area contributed by atoms with Gasteiger partial charge in [0.1, 0.15) is 0 Å². The first-order chi connectivity index (χ1) is 9.11. The summed E-state index contributed by atoms with van der Waals surface area (Å²) in [6, 6.07) is 5.78. The van der Waals surface area contributed by atoms with Crippen LogP contribution >= 0.6 is 11.8 Å². The van der Waals surface area contributed by atoms with Crippen LogP contribution in [0.5, 0.6) is 0 Å².